The average Bonchev–Trinajstić information content (AvgIpc) is 2.57. The number of hydrogen-bond acceptors (Lipinski definition) is 3. The Hall–Kier alpha value is -1.91. The van der Waals surface area contributed by atoms with E-state index in [0.29, 0.717) is 16.6 Å². The molecule has 1 saturated heterocycles. The summed E-state index contributed by atoms with van der Waals surface area (Å²) in [6.45, 7) is 2.14. The van der Waals surface area contributed by atoms with E-state index in [9.17, 15) is 4.79 Å². The summed E-state index contributed by atoms with van der Waals surface area (Å²) in [4.78, 5) is 16.1. The number of benzene rings is 1. The lowest BCUT2D eigenvalue weighted by Crippen LogP contribution is -2.28. The number of pyridine rings is 1. The molecule has 1 aromatic heterocycles. The Bertz CT molecular complexity index is 634. The summed E-state index contributed by atoms with van der Waals surface area (Å²) >= 11 is 5.77. The summed E-state index contributed by atoms with van der Waals surface area (Å²) in [7, 11) is 0. The fourth-order valence-corrected chi connectivity index (χ4v) is 2.79. The molecule has 2 heterocycles. The number of anilines is 1. The van der Waals surface area contributed by atoms with Gasteiger partial charge in [0.15, 0.2) is 0 Å². The average molecular weight is 316 g/mol. The summed E-state index contributed by atoms with van der Waals surface area (Å²) in [6.07, 6.45) is 3.90. The van der Waals surface area contributed by atoms with Crippen LogP contribution >= 0.6 is 11.6 Å². The smallest absolute Gasteiger partial charge is 0.274 e. The molecule has 1 fully saturated rings. The van der Waals surface area contributed by atoms with E-state index < -0.39 is 0 Å². The van der Waals surface area contributed by atoms with Crippen LogP contribution in [0.25, 0.3) is 0 Å². The molecular weight excluding hydrogens is 298 g/mol. The van der Waals surface area contributed by atoms with Crippen molar-refractivity contribution in [2.45, 2.75) is 18.8 Å². The van der Waals surface area contributed by atoms with Gasteiger partial charge in [-0.1, -0.05) is 23.7 Å². The second-order valence-electron chi connectivity index (χ2n) is 5.48. The van der Waals surface area contributed by atoms with Gasteiger partial charge in [0.25, 0.3) is 5.91 Å². The van der Waals surface area contributed by atoms with Crippen LogP contribution in [0.1, 0.15) is 34.8 Å². The lowest BCUT2D eigenvalue weighted by Gasteiger charge is -2.23. The molecule has 114 valence electrons. The van der Waals surface area contributed by atoms with Crippen molar-refractivity contribution in [3.05, 3.63) is 58.9 Å². The zero-order chi connectivity index (χ0) is 15.4. The van der Waals surface area contributed by atoms with Crippen molar-refractivity contribution in [2.75, 3.05) is 18.4 Å². The van der Waals surface area contributed by atoms with Gasteiger partial charge in [-0.15, -0.1) is 0 Å². The summed E-state index contributed by atoms with van der Waals surface area (Å²) < 4.78 is 0. The Morgan fingerprint density at radius 2 is 2.05 bits per heavy atom. The second-order valence-corrected chi connectivity index (χ2v) is 5.92. The Balaban J connectivity index is 1.65. The van der Waals surface area contributed by atoms with Crippen LogP contribution in [-0.4, -0.2) is 24.0 Å². The molecule has 0 saturated carbocycles. The first-order valence-corrected chi connectivity index (χ1v) is 7.84. The van der Waals surface area contributed by atoms with E-state index in [2.05, 4.69) is 27.8 Å². The molecule has 3 rings (SSSR count). The van der Waals surface area contributed by atoms with Crippen LogP contribution in [0, 0.1) is 0 Å². The largest absolute Gasteiger partial charge is 0.321 e. The van der Waals surface area contributed by atoms with E-state index >= 15 is 0 Å². The summed E-state index contributed by atoms with van der Waals surface area (Å²) in [6, 6.07) is 11.3. The maximum Gasteiger partial charge on any atom is 0.274 e. The molecule has 0 unspecified atom stereocenters. The number of carbonyl (C=O) groups is 1. The van der Waals surface area contributed by atoms with Gasteiger partial charge in [-0.3, -0.25) is 4.79 Å². The van der Waals surface area contributed by atoms with E-state index in [1.807, 2.05) is 12.1 Å². The molecule has 5 heteroatoms. The van der Waals surface area contributed by atoms with Gasteiger partial charge in [-0.05, 0) is 55.1 Å². The molecule has 1 atom stereocenters. The van der Waals surface area contributed by atoms with Crippen LogP contribution < -0.4 is 10.6 Å². The molecule has 0 aliphatic carbocycles. The van der Waals surface area contributed by atoms with Crippen LogP contribution in [0.15, 0.2) is 42.6 Å². The summed E-state index contributed by atoms with van der Waals surface area (Å²) in [5, 5.41) is 6.78. The standard InChI is InChI=1S/C17H18ClN3O/c18-14-5-8-16(20-11-14)17(22)21-15-6-3-12(4-7-15)13-2-1-9-19-10-13/h3-8,11,13,19H,1-2,9-10H2,(H,21,22)/t13-/m0/s1. The zero-order valence-corrected chi connectivity index (χ0v) is 12.9. The third-order valence-electron chi connectivity index (χ3n) is 3.90. The highest BCUT2D eigenvalue weighted by Gasteiger charge is 2.15. The number of nitrogens with zero attached hydrogens (tertiary/aromatic N) is 1. The van der Waals surface area contributed by atoms with Crippen molar-refractivity contribution in [3.8, 4) is 0 Å². The van der Waals surface area contributed by atoms with Gasteiger partial charge in [0.05, 0.1) is 5.02 Å². The van der Waals surface area contributed by atoms with Gasteiger partial charge >= 0.3 is 0 Å². The number of amides is 1. The molecule has 1 aliphatic rings. The number of nitrogens with one attached hydrogen (secondary N) is 2. The first-order chi connectivity index (χ1) is 10.7. The number of aromatic nitrogens is 1. The van der Waals surface area contributed by atoms with E-state index in [-0.39, 0.29) is 5.91 Å². The number of carbonyl (C=O) groups excluding carboxylic acids is 1. The normalized spacial score (nSPS) is 18.0. The van der Waals surface area contributed by atoms with Crippen LogP contribution in [0.4, 0.5) is 5.69 Å². The minimum absolute atomic E-state index is 0.233. The van der Waals surface area contributed by atoms with Gasteiger partial charge in [0.2, 0.25) is 0 Å². The molecule has 0 bridgehead atoms. The fourth-order valence-electron chi connectivity index (χ4n) is 2.68. The van der Waals surface area contributed by atoms with Crippen LogP contribution in [0.2, 0.25) is 5.02 Å². The Morgan fingerprint density at radius 3 is 2.68 bits per heavy atom. The molecule has 2 N–H and O–H groups in total. The molecule has 2 aromatic rings. The van der Waals surface area contributed by atoms with Gasteiger partial charge in [-0.25, -0.2) is 4.98 Å². The molecule has 22 heavy (non-hydrogen) atoms. The summed E-state index contributed by atoms with van der Waals surface area (Å²) in [5.41, 5.74) is 2.44. The van der Waals surface area contributed by atoms with E-state index in [1.54, 1.807) is 12.1 Å². The first kappa shape index (κ1) is 15.0. The van der Waals surface area contributed by atoms with Gasteiger partial charge in [0.1, 0.15) is 5.69 Å². The highest BCUT2D eigenvalue weighted by molar-refractivity contribution is 6.30. The van der Waals surface area contributed by atoms with Crippen molar-refractivity contribution in [2.24, 2.45) is 0 Å². The van der Waals surface area contributed by atoms with Crippen molar-refractivity contribution in [1.29, 1.82) is 0 Å². The van der Waals surface area contributed by atoms with E-state index in [1.165, 1.54) is 24.6 Å². The Morgan fingerprint density at radius 1 is 1.23 bits per heavy atom. The predicted molar refractivity (Wildman–Crippen MR) is 88.5 cm³/mol. The SMILES string of the molecule is O=C(Nc1ccc([C@H]2CCCNC2)cc1)c1ccc(Cl)cn1. The number of rotatable bonds is 3. The number of halogens is 1. The van der Waals surface area contributed by atoms with Crippen molar-refractivity contribution in [3.63, 3.8) is 0 Å². The zero-order valence-electron chi connectivity index (χ0n) is 12.2. The second kappa shape index (κ2) is 6.90. The topological polar surface area (TPSA) is 54.0 Å². The highest BCUT2D eigenvalue weighted by atomic mass is 35.5. The van der Waals surface area contributed by atoms with Crippen molar-refractivity contribution in [1.82, 2.24) is 10.3 Å². The van der Waals surface area contributed by atoms with Crippen LogP contribution in [-0.2, 0) is 0 Å². The van der Waals surface area contributed by atoms with Crippen LogP contribution in [0.5, 0.6) is 0 Å². The molecular formula is C17H18ClN3O. The number of piperidine rings is 1. The van der Waals surface area contributed by atoms with E-state index in [4.69, 9.17) is 11.6 Å². The Labute approximate surface area is 134 Å². The molecule has 1 aromatic carbocycles. The fraction of sp³-hybridized carbons (Fsp3) is 0.294. The molecule has 1 aliphatic heterocycles. The lowest BCUT2D eigenvalue weighted by molar-refractivity contribution is 0.102. The van der Waals surface area contributed by atoms with Crippen molar-refractivity contribution < 1.29 is 4.79 Å². The molecule has 0 radical (unpaired) electrons. The maximum atomic E-state index is 12.1. The molecule has 0 spiro atoms. The number of hydrogen-bond donors (Lipinski definition) is 2. The summed E-state index contributed by atoms with van der Waals surface area (Å²) in [5.74, 6) is 0.334. The van der Waals surface area contributed by atoms with Crippen LogP contribution in [0.3, 0.4) is 0 Å². The maximum absolute atomic E-state index is 12.1. The Kier molecular flexibility index (Phi) is 4.71. The van der Waals surface area contributed by atoms with Gasteiger partial charge in [-0.2, -0.15) is 0 Å². The predicted octanol–water partition coefficient (Wildman–Crippen LogP) is 3.45. The first-order valence-electron chi connectivity index (χ1n) is 7.46. The monoisotopic (exact) mass is 315 g/mol. The minimum atomic E-state index is -0.233. The van der Waals surface area contributed by atoms with Gasteiger partial charge in [0, 0.05) is 18.4 Å². The third-order valence-corrected chi connectivity index (χ3v) is 4.12. The van der Waals surface area contributed by atoms with Crippen molar-refractivity contribution >= 4 is 23.2 Å². The molecule has 4 nitrogen and oxygen atoms in total. The highest BCUT2D eigenvalue weighted by Crippen LogP contribution is 2.24. The third kappa shape index (κ3) is 3.64. The van der Waals surface area contributed by atoms with Gasteiger partial charge < -0.3 is 10.6 Å². The quantitative estimate of drug-likeness (QED) is 0.912. The molecule has 1 amide bonds. The lowest BCUT2D eigenvalue weighted by atomic mass is 9.92. The van der Waals surface area contributed by atoms with E-state index in [0.717, 1.165) is 18.8 Å². The minimum Gasteiger partial charge on any atom is -0.321 e.